The molecule has 0 bridgehead atoms. The fourth-order valence-corrected chi connectivity index (χ4v) is 6.21. The number of anilines is 2. The van der Waals surface area contributed by atoms with Gasteiger partial charge in [0, 0.05) is 60.6 Å². The fourth-order valence-electron chi connectivity index (χ4n) is 5.96. The van der Waals surface area contributed by atoms with Crippen molar-refractivity contribution in [2.24, 2.45) is 0 Å². The first-order valence-electron chi connectivity index (χ1n) is 12.6. The van der Waals surface area contributed by atoms with Crippen molar-refractivity contribution in [3.05, 3.63) is 71.8 Å². The Kier molecular flexibility index (Phi) is 5.92. The van der Waals surface area contributed by atoms with Crippen LogP contribution in [-0.4, -0.2) is 41.0 Å². The molecule has 1 atom stereocenters. The molecule has 6 nitrogen and oxygen atoms in total. The number of hydrogen-bond donors (Lipinski definition) is 2. The number of aromatic hydroxyl groups is 2. The van der Waals surface area contributed by atoms with Crippen LogP contribution in [0.1, 0.15) is 36.3 Å². The second-order valence-corrected chi connectivity index (χ2v) is 10.1. The van der Waals surface area contributed by atoms with Crippen LogP contribution < -0.4 is 9.80 Å². The third-order valence-electron chi connectivity index (χ3n) is 7.70. The second-order valence-electron chi connectivity index (χ2n) is 9.82. The highest BCUT2D eigenvalue weighted by molar-refractivity contribution is 6.19. The van der Waals surface area contributed by atoms with Crippen molar-refractivity contribution >= 4 is 56.3 Å². The van der Waals surface area contributed by atoms with Gasteiger partial charge in [0.1, 0.15) is 11.5 Å². The number of nitrogens with zero attached hydrogens (tertiary/aromatic N) is 2. The molecule has 2 N–H and O–H groups in total. The van der Waals surface area contributed by atoms with Crippen LogP contribution in [-0.2, 0) is 16.0 Å². The maximum Gasteiger partial charge on any atom is 0.227 e. The summed E-state index contributed by atoms with van der Waals surface area (Å²) in [4.78, 5) is 29.8. The average Bonchev–Trinajstić information content (AvgIpc) is 3.51. The minimum Gasteiger partial charge on any atom is -0.507 e. The van der Waals surface area contributed by atoms with Gasteiger partial charge in [-0.15, -0.1) is 11.6 Å². The van der Waals surface area contributed by atoms with Gasteiger partial charge in [0.25, 0.3) is 0 Å². The van der Waals surface area contributed by atoms with Crippen molar-refractivity contribution in [2.45, 2.75) is 31.6 Å². The number of hydrogen-bond acceptors (Lipinski definition) is 4. The predicted molar refractivity (Wildman–Crippen MR) is 147 cm³/mol. The lowest BCUT2D eigenvalue weighted by atomic mass is 9.95. The Morgan fingerprint density at radius 1 is 0.811 bits per heavy atom. The van der Waals surface area contributed by atoms with Crippen LogP contribution >= 0.6 is 11.6 Å². The third kappa shape index (κ3) is 3.87. The minimum absolute atomic E-state index is 0.0173. The van der Waals surface area contributed by atoms with Crippen molar-refractivity contribution in [3.63, 3.8) is 0 Å². The lowest BCUT2D eigenvalue weighted by Crippen LogP contribution is -2.31. The Morgan fingerprint density at radius 3 is 2.05 bits per heavy atom. The van der Waals surface area contributed by atoms with Crippen molar-refractivity contribution in [1.29, 1.82) is 0 Å². The van der Waals surface area contributed by atoms with E-state index in [4.69, 9.17) is 11.6 Å². The molecule has 7 heteroatoms. The molecule has 0 aliphatic carbocycles. The maximum absolute atomic E-state index is 13.3. The van der Waals surface area contributed by atoms with Crippen LogP contribution in [0.15, 0.2) is 60.7 Å². The Morgan fingerprint density at radius 2 is 1.38 bits per heavy atom. The lowest BCUT2D eigenvalue weighted by molar-refractivity contribution is -0.119. The molecular weight excluding hydrogens is 488 g/mol. The first kappa shape index (κ1) is 23.6. The molecule has 37 heavy (non-hydrogen) atoms. The molecule has 0 spiro atoms. The summed E-state index contributed by atoms with van der Waals surface area (Å²) in [7, 11) is 0. The van der Waals surface area contributed by atoms with Gasteiger partial charge in [0.05, 0.1) is 11.4 Å². The SMILES string of the molecule is O=C(CCCC(=O)N1CC(CCl)c2c1cc(O)c1ccccc21)N1CCc2c1cc(O)c1ccccc21. The minimum atomic E-state index is -0.0817. The molecule has 0 radical (unpaired) electrons. The van der Waals surface area contributed by atoms with E-state index in [2.05, 4.69) is 0 Å². The molecule has 0 saturated carbocycles. The molecule has 188 valence electrons. The van der Waals surface area contributed by atoms with Crippen LogP contribution in [0.5, 0.6) is 11.5 Å². The van der Waals surface area contributed by atoms with Crippen LogP contribution in [0.25, 0.3) is 21.5 Å². The molecule has 4 aromatic rings. The second kappa shape index (κ2) is 9.27. The smallest absolute Gasteiger partial charge is 0.227 e. The van der Waals surface area contributed by atoms with E-state index in [-0.39, 0.29) is 42.1 Å². The highest BCUT2D eigenvalue weighted by Crippen LogP contribution is 2.45. The zero-order valence-corrected chi connectivity index (χ0v) is 21.0. The Balaban J connectivity index is 1.17. The molecule has 0 aromatic heterocycles. The van der Waals surface area contributed by atoms with E-state index in [9.17, 15) is 19.8 Å². The molecule has 0 saturated heterocycles. The summed E-state index contributed by atoms with van der Waals surface area (Å²) in [5.74, 6) is 0.533. The number of carbonyl (C=O) groups excluding carboxylic acids is 2. The molecule has 0 fully saturated rings. The summed E-state index contributed by atoms with van der Waals surface area (Å²) in [5.41, 5.74) is 3.53. The summed E-state index contributed by atoms with van der Waals surface area (Å²) in [5, 5.41) is 24.5. The number of halogens is 1. The number of amides is 2. The van der Waals surface area contributed by atoms with Crippen molar-refractivity contribution in [1.82, 2.24) is 0 Å². The van der Waals surface area contributed by atoms with E-state index in [1.54, 1.807) is 21.9 Å². The summed E-state index contributed by atoms with van der Waals surface area (Å²) >= 11 is 6.28. The number of phenols is 2. The Bertz CT molecular complexity index is 1570. The molecule has 1 unspecified atom stereocenters. The molecular formula is C30H27ClN2O4. The van der Waals surface area contributed by atoms with Gasteiger partial charge in [0.2, 0.25) is 11.8 Å². The molecule has 6 rings (SSSR count). The standard InChI is InChI=1S/C30H27ClN2O4/c31-16-18-17-33(25-15-27(35)22-8-3-4-9-23(22)30(18)25)29(37)11-5-10-28(36)32-13-12-20-19-6-1-2-7-21(19)26(34)14-24(20)32/h1-4,6-9,14-15,18,34-35H,5,10-13,16-17H2. The zero-order valence-electron chi connectivity index (χ0n) is 20.3. The molecule has 2 amide bonds. The van der Waals surface area contributed by atoms with E-state index >= 15 is 0 Å². The highest BCUT2D eigenvalue weighted by Gasteiger charge is 2.34. The maximum atomic E-state index is 13.3. The van der Waals surface area contributed by atoms with Gasteiger partial charge in [-0.2, -0.15) is 0 Å². The molecule has 4 aromatic carbocycles. The molecule has 2 aliphatic rings. The van der Waals surface area contributed by atoms with Crippen molar-refractivity contribution in [2.75, 3.05) is 28.8 Å². The largest absolute Gasteiger partial charge is 0.507 e. The van der Waals surface area contributed by atoms with Gasteiger partial charge in [-0.3, -0.25) is 9.59 Å². The number of alkyl halides is 1. The fraction of sp³-hybridized carbons (Fsp3) is 0.267. The zero-order chi connectivity index (χ0) is 25.7. The third-order valence-corrected chi connectivity index (χ3v) is 8.07. The lowest BCUT2D eigenvalue weighted by Gasteiger charge is -2.20. The quantitative estimate of drug-likeness (QED) is 0.328. The first-order valence-corrected chi connectivity index (χ1v) is 13.2. The number of carbonyl (C=O) groups is 2. The van der Waals surface area contributed by atoms with Gasteiger partial charge in [-0.05, 0) is 34.7 Å². The number of rotatable bonds is 5. The van der Waals surface area contributed by atoms with E-state index in [1.165, 1.54) is 0 Å². The first-order chi connectivity index (χ1) is 18.0. The van der Waals surface area contributed by atoms with Crippen LogP contribution in [0.3, 0.4) is 0 Å². The highest BCUT2D eigenvalue weighted by atomic mass is 35.5. The summed E-state index contributed by atoms with van der Waals surface area (Å²) in [6, 6.07) is 18.6. The van der Waals surface area contributed by atoms with Gasteiger partial charge < -0.3 is 20.0 Å². The van der Waals surface area contributed by atoms with Gasteiger partial charge in [-0.1, -0.05) is 48.5 Å². The summed E-state index contributed by atoms with van der Waals surface area (Å²) in [6.07, 6.45) is 1.61. The normalized spacial score (nSPS) is 16.4. The summed E-state index contributed by atoms with van der Waals surface area (Å²) < 4.78 is 0. The number of benzene rings is 4. The van der Waals surface area contributed by atoms with Crippen LogP contribution in [0, 0.1) is 0 Å². The topological polar surface area (TPSA) is 81.1 Å². The van der Waals surface area contributed by atoms with Crippen molar-refractivity contribution < 1.29 is 19.8 Å². The van der Waals surface area contributed by atoms with Crippen LogP contribution in [0.4, 0.5) is 11.4 Å². The van der Waals surface area contributed by atoms with Crippen LogP contribution in [0.2, 0.25) is 0 Å². The molecule has 2 aliphatic heterocycles. The molecule has 2 heterocycles. The predicted octanol–water partition coefficient (Wildman–Crippen LogP) is 5.83. The van der Waals surface area contributed by atoms with Gasteiger partial charge >= 0.3 is 0 Å². The van der Waals surface area contributed by atoms with E-state index < -0.39 is 0 Å². The summed E-state index contributed by atoms with van der Waals surface area (Å²) in [6.45, 7) is 1.03. The van der Waals surface area contributed by atoms with Gasteiger partial charge in [-0.25, -0.2) is 0 Å². The number of phenolic OH excluding ortho intramolecular Hbond substituents is 2. The van der Waals surface area contributed by atoms with Gasteiger partial charge in [0.15, 0.2) is 0 Å². The Labute approximate surface area is 219 Å². The van der Waals surface area contributed by atoms with Crippen molar-refractivity contribution in [3.8, 4) is 11.5 Å². The number of fused-ring (bicyclic) bond motifs is 6. The van der Waals surface area contributed by atoms with E-state index in [1.807, 2.05) is 48.5 Å². The monoisotopic (exact) mass is 514 g/mol. The van der Waals surface area contributed by atoms with E-state index in [0.717, 1.165) is 44.8 Å². The average molecular weight is 515 g/mol. The Hall–Kier alpha value is -3.77. The van der Waals surface area contributed by atoms with E-state index in [0.29, 0.717) is 31.1 Å².